The summed E-state index contributed by atoms with van der Waals surface area (Å²) in [6.07, 6.45) is 2.15. The first-order valence-corrected chi connectivity index (χ1v) is 7.48. The van der Waals surface area contributed by atoms with E-state index in [1.54, 1.807) is 18.2 Å². The van der Waals surface area contributed by atoms with Crippen molar-refractivity contribution in [2.45, 2.75) is 23.3 Å². The molecule has 2 aromatic rings. The highest BCUT2D eigenvalue weighted by atomic mass is 35.5. The van der Waals surface area contributed by atoms with E-state index in [9.17, 15) is 10.1 Å². The minimum absolute atomic E-state index is 0.129. The SMILES string of the molecule is CCCNc1ncnc(Sc2ccccc2Cl)c1[N+](=O)[O-]. The van der Waals surface area contributed by atoms with Crippen molar-refractivity contribution in [2.75, 3.05) is 11.9 Å². The van der Waals surface area contributed by atoms with Crippen molar-refractivity contribution in [2.24, 2.45) is 0 Å². The van der Waals surface area contributed by atoms with Crippen LogP contribution in [-0.2, 0) is 0 Å². The van der Waals surface area contributed by atoms with Gasteiger partial charge < -0.3 is 5.32 Å². The van der Waals surface area contributed by atoms with E-state index in [1.165, 1.54) is 6.33 Å². The number of nitrogens with zero attached hydrogens (tertiary/aromatic N) is 3. The topological polar surface area (TPSA) is 81.0 Å². The molecular formula is C13H13ClN4O2S. The number of nitro groups is 1. The normalized spacial score (nSPS) is 10.4. The predicted octanol–water partition coefficient (Wildman–Crippen LogP) is 4.01. The van der Waals surface area contributed by atoms with Gasteiger partial charge in [-0.1, -0.05) is 42.4 Å². The van der Waals surface area contributed by atoms with E-state index in [2.05, 4.69) is 15.3 Å². The molecule has 0 spiro atoms. The van der Waals surface area contributed by atoms with Gasteiger partial charge in [-0.25, -0.2) is 9.97 Å². The zero-order valence-electron chi connectivity index (χ0n) is 11.2. The second-order valence-corrected chi connectivity index (χ2v) is 5.53. The number of nitrogens with one attached hydrogen (secondary N) is 1. The first-order valence-electron chi connectivity index (χ1n) is 6.29. The van der Waals surface area contributed by atoms with Crippen molar-refractivity contribution in [3.8, 4) is 0 Å². The fourth-order valence-corrected chi connectivity index (χ4v) is 2.75. The van der Waals surface area contributed by atoms with Gasteiger partial charge >= 0.3 is 5.69 Å². The molecule has 1 aromatic carbocycles. The van der Waals surface area contributed by atoms with Crippen molar-refractivity contribution < 1.29 is 4.92 Å². The van der Waals surface area contributed by atoms with Gasteiger partial charge in [0.2, 0.25) is 5.82 Å². The van der Waals surface area contributed by atoms with Crippen molar-refractivity contribution >= 4 is 34.9 Å². The van der Waals surface area contributed by atoms with Gasteiger partial charge in [0.1, 0.15) is 6.33 Å². The van der Waals surface area contributed by atoms with Gasteiger partial charge in [0.15, 0.2) is 5.03 Å². The summed E-state index contributed by atoms with van der Waals surface area (Å²) in [5, 5.41) is 15.1. The highest BCUT2D eigenvalue weighted by molar-refractivity contribution is 7.99. The standard InChI is InChI=1S/C13H13ClN4O2S/c1-2-7-15-12-11(18(19)20)13(17-8-16-12)21-10-6-4-3-5-9(10)14/h3-6,8H,2,7H2,1H3,(H,15,16,17). The van der Waals surface area contributed by atoms with Crippen LogP contribution in [0.5, 0.6) is 0 Å². The predicted molar refractivity (Wildman–Crippen MR) is 83.0 cm³/mol. The van der Waals surface area contributed by atoms with E-state index >= 15 is 0 Å². The Balaban J connectivity index is 2.39. The molecule has 0 aliphatic carbocycles. The van der Waals surface area contributed by atoms with Crippen LogP contribution in [0.2, 0.25) is 5.02 Å². The number of rotatable bonds is 6. The van der Waals surface area contributed by atoms with Crippen LogP contribution in [0.3, 0.4) is 0 Å². The van der Waals surface area contributed by atoms with E-state index in [4.69, 9.17) is 11.6 Å². The van der Waals surface area contributed by atoms with E-state index in [1.807, 2.05) is 13.0 Å². The summed E-state index contributed by atoms with van der Waals surface area (Å²) in [5.74, 6) is 0.228. The number of benzene rings is 1. The van der Waals surface area contributed by atoms with Crippen molar-refractivity contribution in [3.05, 3.63) is 45.7 Å². The van der Waals surface area contributed by atoms with Crippen LogP contribution in [0, 0.1) is 10.1 Å². The molecule has 1 heterocycles. The number of hydrogen-bond acceptors (Lipinski definition) is 6. The van der Waals surface area contributed by atoms with Crippen LogP contribution in [0.25, 0.3) is 0 Å². The third-order valence-corrected chi connectivity index (χ3v) is 4.07. The fourth-order valence-electron chi connectivity index (χ4n) is 1.61. The molecule has 6 nitrogen and oxygen atoms in total. The van der Waals surface area contributed by atoms with Crippen LogP contribution in [0.15, 0.2) is 40.5 Å². The average molecular weight is 325 g/mol. The molecule has 0 aliphatic rings. The van der Waals surface area contributed by atoms with E-state index in [-0.39, 0.29) is 16.5 Å². The molecule has 0 aliphatic heterocycles. The van der Waals surface area contributed by atoms with Crippen LogP contribution < -0.4 is 5.32 Å². The maximum Gasteiger partial charge on any atom is 0.343 e. The number of aromatic nitrogens is 2. The Morgan fingerprint density at radius 3 is 2.81 bits per heavy atom. The lowest BCUT2D eigenvalue weighted by atomic mass is 10.4. The molecule has 21 heavy (non-hydrogen) atoms. The molecule has 1 N–H and O–H groups in total. The van der Waals surface area contributed by atoms with Crippen LogP contribution in [0.1, 0.15) is 13.3 Å². The highest BCUT2D eigenvalue weighted by Crippen LogP contribution is 2.38. The first-order chi connectivity index (χ1) is 10.1. The average Bonchev–Trinajstić information content (AvgIpc) is 2.47. The smallest absolute Gasteiger partial charge is 0.343 e. The van der Waals surface area contributed by atoms with Gasteiger partial charge in [0, 0.05) is 11.4 Å². The maximum atomic E-state index is 11.3. The van der Waals surface area contributed by atoms with Gasteiger partial charge in [-0.15, -0.1) is 0 Å². The minimum Gasteiger partial charge on any atom is -0.364 e. The summed E-state index contributed by atoms with van der Waals surface area (Å²) in [4.78, 5) is 19.5. The number of hydrogen-bond donors (Lipinski definition) is 1. The molecular weight excluding hydrogens is 312 g/mol. The summed E-state index contributed by atoms with van der Waals surface area (Å²) in [6, 6.07) is 7.14. The Morgan fingerprint density at radius 2 is 2.14 bits per heavy atom. The second-order valence-electron chi connectivity index (χ2n) is 4.09. The second kappa shape index (κ2) is 7.24. The van der Waals surface area contributed by atoms with Gasteiger partial charge in [-0.05, 0) is 18.6 Å². The van der Waals surface area contributed by atoms with Crippen LogP contribution >= 0.6 is 23.4 Å². The Hall–Kier alpha value is -1.86. The third kappa shape index (κ3) is 3.83. The highest BCUT2D eigenvalue weighted by Gasteiger charge is 2.23. The number of halogens is 1. The van der Waals surface area contributed by atoms with Crippen molar-refractivity contribution in [1.82, 2.24) is 9.97 Å². The molecule has 110 valence electrons. The molecule has 0 bridgehead atoms. The summed E-state index contributed by atoms with van der Waals surface area (Å²) in [6.45, 7) is 2.58. The summed E-state index contributed by atoms with van der Waals surface area (Å²) >= 11 is 7.23. The third-order valence-electron chi connectivity index (χ3n) is 2.56. The molecule has 8 heteroatoms. The van der Waals surface area contributed by atoms with E-state index < -0.39 is 4.92 Å². The molecule has 0 amide bonds. The Morgan fingerprint density at radius 1 is 1.38 bits per heavy atom. The van der Waals surface area contributed by atoms with E-state index in [0.717, 1.165) is 18.2 Å². The zero-order chi connectivity index (χ0) is 15.2. The zero-order valence-corrected chi connectivity index (χ0v) is 12.8. The maximum absolute atomic E-state index is 11.3. The van der Waals surface area contributed by atoms with Crippen LogP contribution in [0.4, 0.5) is 11.5 Å². The fraction of sp³-hybridized carbons (Fsp3) is 0.231. The van der Waals surface area contributed by atoms with Crippen molar-refractivity contribution in [1.29, 1.82) is 0 Å². The minimum atomic E-state index is -0.475. The number of anilines is 1. The van der Waals surface area contributed by atoms with Gasteiger partial charge in [-0.2, -0.15) is 0 Å². The lowest BCUT2D eigenvalue weighted by Crippen LogP contribution is -2.07. The van der Waals surface area contributed by atoms with Gasteiger partial charge in [0.05, 0.1) is 9.95 Å². The van der Waals surface area contributed by atoms with E-state index in [0.29, 0.717) is 16.5 Å². The lowest BCUT2D eigenvalue weighted by molar-refractivity contribution is -0.387. The summed E-state index contributed by atoms with van der Waals surface area (Å²) in [7, 11) is 0. The monoisotopic (exact) mass is 324 g/mol. The Bertz CT molecular complexity index is 654. The van der Waals surface area contributed by atoms with Crippen molar-refractivity contribution in [3.63, 3.8) is 0 Å². The quantitative estimate of drug-likeness (QED) is 0.491. The molecule has 0 saturated heterocycles. The lowest BCUT2D eigenvalue weighted by Gasteiger charge is -2.08. The Kier molecular flexibility index (Phi) is 5.35. The van der Waals surface area contributed by atoms with Gasteiger partial charge in [-0.3, -0.25) is 10.1 Å². The molecule has 0 atom stereocenters. The molecule has 0 radical (unpaired) electrons. The summed E-state index contributed by atoms with van der Waals surface area (Å²) < 4.78 is 0. The van der Waals surface area contributed by atoms with Crippen LogP contribution in [-0.4, -0.2) is 21.4 Å². The molecule has 1 aromatic heterocycles. The molecule has 2 rings (SSSR count). The summed E-state index contributed by atoms with van der Waals surface area (Å²) in [5.41, 5.74) is -0.129. The molecule has 0 unspecified atom stereocenters. The first kappa shape index (κ1) is 15.5. The van der Waals surface area contributed by atoms with Gasteiger partial charge in [0.25, 0.3) is 0 Å². The molecule has 0 saturated carbocycles. The Labute approximate surface area is 131 Å². The largest absolute Gasteiger partial charge is 0.364 e. The molecule has 0 fully saturated rings.